The molecule has 3 rings (SSSR count). The van der Waals surface area contributed by atoms with Crippen LogP contribution in [0.1, 0.15) is 22.3 Å². The monoisotopic (exact) mass is 282 g/mol. The Balaban J connectivity index is 1.87. The minimum absolute atomic E-state index is 0.0668. The molecule has 1 aromatic rings. The van der Waals surface area contributed by atoms with Crippen molar-refractivity contribution in [3.63, 3.8) is 0 Å². The first-order chi connectivity index (χ1) is 10.2. The van der Waals surface area contributed by atoms with E-state index >= 15 is 0 Å². The first-order valence-corrected chi connectivity index (χ1v) is 6.77. The quantitative estimate of drug-likeness (QED) is 0.686. The van der Waals surface area contributed by atoms with Crippen LogP contribution >= 0.6 is 0 Å². The molecule has 0 aromatic heterocycles. The highest BCUT2D eigenvalue weighted by atomic mass is 16.6. The Morgan fingerprint density at radius 1 is 1.00 bits per heavy atom. The van der Waals surface area contributed by atoms with Crippen molar-refractivity contribution in [3.05, 3.63) is 71.2 Å². The molecule has 106 valence electrons. The van der Waals surface area contributed by atoms with Gasteiger partial charge in [0, 0.05) is 12.8 Å². The highest BCUT2D eigenvalue weighted by Gasteiger charge is 2.22. The summed E-state index contributed by atoms with van der Waals surface area (Å²) in [5.74, 6) is 1.13. The third-order valence-electron chi connectivity index (χ3n) is 3.27. The van der Waals surface area contributed by atoms with Gasteiger partial charge in [-0.15, -0.1) is 0 Å². The third kappa shape index (κ3) is 3.28. The van der Waals surface area contributed by atoms with Gasteiger partial charge in [-0.1, -0.05) is 30.4 Å². The van der Waals surface area contributed by atoms with Gasteiger partial charge >= 0.3 is 5.97 Å². The molecule has 0 N–H and O–H groups in total. The number of hydrogen-bond acceptors (Lipinski definition) is 4. The molecule has 21 heavy (non-hydrogen) atoms. The molecule has 4 heteroatoms. The van der Waals surface area contributed by atoms with Crippen LogP contribution in [0.2, 0.25) is 0 Å². The summed E-state index contributed by atoms with van der Waals surface area (Å²) in [6.07, 6.45) is 7.48. The summed E-state index contributed by atoms with van der Waals surface area (Å²) in [7, 11) is 0. The zero-order valence-corrected chi connectivity index (χ0v) is 11.4. The number of ether oxygens (including phenoxy) is 2. The Morgan fingerprint density at radius 2 is 1.81 bits per heavy atom. The van der Waals surface area contributed by atoms with Crippen molar-refractivity contribution in [1.82, 2.24) is 0 Å². The number of cyclic esters (lactones) is 1. The lowest BCUT2D eigenvalue weighted by molar-refractivity contribution is -0.114. The molecule has 0 saturated heterocycles. The number of hydrogen-bond donors (Lipinski definition) is 0. The second kappa shape index (κ2) is 5.79. The maximum Gasteiger partial charge on any atom is 0.338 e. The summed E-state index contributed by atoms with van der Waals surface area (Å²) in [6.45, 7) is 0.267. The highest BCUT2D eigenvalue weighted by molar-refractivity contribution is 5.96. The zero-order valence-electron chi connectivity index (χ0n) is 11.4. The molecule has 0 amide bonds. The van der Waals surface area contributed by atoms with E-state index < -0.39 is 5.97 Å². The van der Waals surface area contributed by atoms with Crippen LogP contribution in [0.3, 0.4) is 0 Å². The third-order valence-corrected chi connectivity index (χ3v) is 3.27. The van der Waals surface area contributed by atoms with Crippen LogP contribution in [0.4, 0.5) is 0 Å². The van der Waals surface area contributed by atoms with Gasteiger partial charge in [0.2, 0.25) is 0 Å². The predicted octanol–water partition coefficient (Wildman–Crippen LogP) is 2.71. The van der Waals surface area contributed by atoms with Crippen LogP contribution in [-0.2, 0) is 20.7 Å². The van der Waals surface area contributed by atoms with Crippen LogP contribution in [0.15, 0.2) is 60.1 Å². The number of carbonyl (C=O) groups is 2. The second-order valence-electron chi connectivity index (χ2n) is 4.79. The van der Waals surface area contributed by atoms with E-state index in [0.29, 0.717) is 17.5 Å². The van der Waals surface area contributed by atoms with E-state index in [2.05, 4.69) is 0 Å². The number of esters is 1. The van der Waals surface area contributed by atoms with E-state index in [4.69, 9.17) is 9.47 Å². The zero-order chi connectivity index (χ0) is 14.7. The summed E-state index contributed by atoms with van der Waals surface area (Å²) < 4.78 is 10.5. The van der Waals surface area contributed by atoms with Gasteiger partial charge in [0.15, 0.2) is 17.3 Å². The van der Waals surface area contributed by atoms with Crippen LogP contribution in [0.25, 0.3) is 0 Å². The first-order valence-electron chi connectivity index (χ1n) is 6.77. The summed E-state index contributed by atoms with van der Waals surface area (Å²) in [5, 5.41) is 0. The maximum atomic E-state index is 12.1. The topological polar surface area (TPSA) is 55.9 Å². The number of rotatable bonds is 0. The Kier molecular flexibility index (Phi) is 3.69. The van der Waals surface area contributed by atoms with Crippen LogP contribution in [0.5, 0.6) is 0 Å². The summed E-state index contributed by atoms with van der Waals surface area (Å²) in [4.78, 5) is 24.0. The molecule has 2 heterocycles. The van der Waals surface area contributed by atoms with Crippen molar-refractivity contribution in [2.45, 2.75) is 12.8 Å². The molecule has 0 aliphatic carbocycles. The Bertz CT molecular complexity index is 680. The van der Waals surface area contributed by atoms with Gasteiger partial charge in [-0.25, -0.2) is 4.79 Å². The molecule has 4 nitrogen and oxygen atoms in total. The molecule has 0 bridgehead atoms. The predicted molar refractivity (Wildman–Crippen MR) is 76.4 cm³/mol. The van der Waals surface area contributed by atoms with Gasteiger partial charge < -0.3 is 9.47 Å². The minimum Gasteiger partial charge on any atom is -0.462 e. The Hall–Kier alpha value is -2.62. The van der Waals surface area contributed by atoms with Crippen molar-refractivity contribution in [2.24, 2.45) is 0 Å². The van der Waals surface area contributed by atoms with Crippen molar-refractivity contribution in [2.75, 3.05) is 6.61 Å². The number of allylic oxidation sites excluding steroid dienone is 4. The molecule has 0 atom stereocenters. The summed E-state index contributed by atoms with van der Waals surface area (Å²) >= 11 is 0. The molecule has 0 spiro atoms. The van der Waals surface area contributed by atoms with Gasteiger partial charge in [0.1, 0.15) is 0 Å². The fraction of sp³-hybridized carbons (Fsp3) is 0.176. The number of fused-ring (bicyclic) bond motifs is 1. The van der Waals surface area contributed by atoms with Gasteiger partial charge in [0.05, 0.1) is 12.2 Å². The maximum absolute atomic E-state index is 12.1. The van der Waals surface area contributed by atoms with Crippen LogP contribution in [0, 0.1) is 0 Å². The van der Waals surface area contributed by atoms with Crippen molar-refractivity contribution in [3.8, 4) is 0 Å². The molecule has 0 unspecified atom stereocenters. The Morgan fingerprint density at radius 3 is 2.71 bits per heavy atom. The van der Waals surface area contributed by atoms with Gasteiger partial charge in [0.25, 0.3) is 0 Å². The van der Waals surface area contributed by atoms with E-state index in [1.165, 1.54) is 6.08 Å². The molecule has 2 aliphatic rings. The van der Waals surface area contributed by atoms with Gasteiger partial charge in [-0.3, -0.25) is 4.79 Å². The molecular formula is C17H14O4. The molecule has 2 aliphatic heterocycles. The van der Waals surface area contributed by atoms with E-state index in [9.17, 15) is 9.59 Å². The van der Waals surface area contributed by atoms with Crippen LogP contribution < -0.4 is 0 Å². The highest BCUT2D eigenvalue weighted by Crippen LogP contribution is 2.30. The summed E-state index contributed by atoms with van der Waals surface area (Å²) in [5.41, 5.74) is 1.12. The fourth-order valence-corrected chi connectivity index (χ4v) is 2.15. The average molecular weight is 282 g/mol. The smallest absolute Gasteiger partial charge is 0.338 e. The lowest BCUT2D eigenvalue weighted by Crippen LogP contribution is -2.11. The van der Waals surface area contributed by atoms with Crippen molar-refractivity contribution < 1.29 is 19.1 Å². The van der Waals surface area contributed by atoms with E-state index in [-0.39, 0.29) is 18.8 Å². The lowest BCUT2D eigenvalue weighted by atomic mass is 10.0. The molecular weight excluding hydrogens is 268 g/mol. The van der Waals surface area contributed by atoms with E-state index in [1.807, 2.05) is 0 Å². The average Bonchev–Trinajstić information content (AvgIpc) is 3.22. The molecule has 0 fully saturated rings. The van der Waals surface area contributed by atoms with Crippen molar-refractivity contribution >= 4 is 11.8 Å². The number of benzene rings is 1. The first kappa shape index (κ1) is 13.4. The van der Waals surface area contributed by atoms with E-state index in [1.54, 1.807) is 42.5 Å². The number of ketones is 1. The molecule has 0 radical (unpaired) electrons. The van der Waals surface area contributed by atoms with Gasteiger partial charge in [-0.05, 0) is 23.8 Å². The minimum atomic E-state index is -0.405. The standard InChI is InChI=1S/C17H14O4/c18-13-6-2-4-8-15-16(21-15)9-10-20-17(19)14-7-3-1-5-12(14)11-13/h1-8H,9-11H2/b6-2+,8-4-. The van der Waals surface area contributed by atoms with Gasteiger partial charge in [-0.2, -0.15) is 0 Å². The SMILES string of the molecule is O=C1/C=C/C=C\C2=C(CCOC(=O)c3ccccc3C1)O2. The molecule has 1 aromatic carbocycles. The fourth-order valence-electron chi connectivity index (χ4n) is 2.15. The largest absolute Gasteiger partial charge is 0.462 e. The normalized spacial score (nSPS) is 21.3. The van der Waals surface area contributed by atoms with Crippen LogP contribution in [-0.4, -0.2) is 18.4 Å². The Labute approximate surface area is 122 Å². The number of carbonyl (C=O) groups excluding carboxylic acids is 2. The van der Waals surface area contributed by atoms with E-state index in [0.717, 1.165) is 11.5 Å². The second-order valence-corrected chi connectivity index (χ2v) is 4.79. The summed E-state index contributed by atoms with van der Waals surface area (Å²) in [6, 6.07) is 7.02. The lowest BCUT2D eigenvalue weighted by Gasteiger charge is -2.07. The molecule has 0 saturated carbocycles. The van der Waals surface area contributed by atoms with Crippen molar-refractivity contribution in [1.29, 1.82) is 0 Å².